The number of carbonyl (C=O) groups excluding carboxylic acids is 1. The topological polar surface area (TPSA) is 110 Å². The number of carbonyl (C=O) groups is 1. The minimum absolute atomic E-state index is 0. The fourth-order valence-corrected chi connectivity index (χ4v) is 4.18. The molecule has 0 amide bonds. The van der Waals surface area contributed by atoms with E-state index in [0.29, 0.717) is 31.2 Å². The van der Waals surface area contributed by atoms with Crippen molar-refractivity contribution in [3.8, 4) is 11.5 Å². The number of Topliss-reactive ketones (excluding diaryl/α,β-unsaturated/α-hetero) is 1. The first-order valence-corrected chi connectivity index (χ1v) is 9.57. The van der Waals surface area contributed by atoms with E-state index in [9.17, 15) is 4.79 Å². The summed E-state index contributed by atoms with van der Waals surface area (Å²) < 4.78 is 16.5. The van der Waals surface area contributed by atoms with Crippen LogP contribution in [0.2, 0.25) is 0 Å². The van der Waals surface area contributed by atoms with Crippen molar-refractivity contribution in [2.45, 2.75) is 30.8 Å². The molecule has 4 rings (SSSR count). The Balaban J connectivity index is 0.00000240. The van der Waals surface area contributed by atoms with E-state index in [2.05, 4.69) is 15.6 Å². The van der Waals surface area contributed by atoms with E-state index in [0.717, 1.165) is 30.6 Å². The molecule has 3 atom stereocenters. The second kappa shape index (κ2) is 8.85. The molecule has 0 saturated carbocycles. The van der Waals surface area contributed by atoms with Crippen LogP contribution in [0.15, 0.2) is 17.1 Å². The number of hydrogen-bond donors (Lipinski definition) is 3. The second-order valence-corrected chi connectivity index (χ2v) is 7.20. The van der Waals surface area contributed by atoms with Crippen LogP contribution in [0, 0.1) is 0 Å². The zero-order valence-corrected chi connectivity index (χ0v) is 17.5. The van der Waals surface area contributed by atoms with E-state index < -0.39 is 11.8 Å². The molecule has 2 saturated heterocycles. The summed E-state index contributed by atoms with van der Waals surface area (Å²) in [5.41, 5.74) is 8.37. The number of halogens is 1. The lowest BCUT2D eigenvalue weighted by Crippen LogP contribution is -2.66. The Labute approximate surface area is 176 Å². The summed E-state index contributed by atoms with van der Waals surface area (Å²) in [5.74, 6) is 0.0253. The highest BCUT2D eigenvalue weighted by atomic mass is 35.5. The molecule has 160 valence electrons. The molecule has 0 bridgehead atoms. The van der Waals surface area contributed by atoms with Crippen molar-refractivity contribution in [2.24, 2.45) is 10.7 Å². The van der Waals surface area contributed by atoms with Gasteiger partial charge in [-0.1, -0.05) is 0 Å². The van der Waals surface area contributed by atoms with Crippen molar-refractivity contribution in [3.05, 3.63) is 17.7 Å². The number of ether oxygens (including phenoxy) is 3. The van der Waals surface area contributed by atoms with Gasteiger partial charge in [-0.15, -0.1) is 12.4 Å². The summed E-state index contributed by atoms with van der Waals surface area (Å²) in [6.45, 7) is 2.46. The molecule has 10 heteroatoms. The zero-order valence-electron chi connectivity index (χ0n) is 16.6. The van der Waals surface area contributed by atoms with E-state index >= 15 is 0 Å². The first-order valence-electron chi connectivity index (χ1n) is 9.57. The first kappa shape index (κ1) is 21.8. The Bertz CT molecular complexity index is 786. The van der Waals surface area contributed by atoms with Gasteiger partial charge in [0.15, 0.2) is 23.1 Å². The fourth-order valence-electron chi connectivity index (χ4n) is 4.18. The standard InChI is InChI=1S/C19H27N5O4.ClH/c1-26-16-8-12-13(9-17(16)27-2)22-11-23-19(12,20)24-6-5-21-10-14(24)18(25)15-4-3-7-28-15;/h8-9,11,14-15,21H,3-7,10,20H2,1-2H3,(H,22,23);1H. The van der Waals surface area contributed by atoms with Crippen molar-refractivity contribution < 1.29 is 19.0 Å². The molecule has 3 heterocycles. The lowest BCUT2D eigenvalue weighted by atomic mass is 9.95. The van der Waals surface area contributed by atoms with Crippen LogP contribution >= 0.6 is 12.4 Å². The molecule has 2 fully saturated rings. The predicted molar refractivity (Wildman–Crippen MR) is 112 cm³/mol. The van der Waals surface area contributed by atoms with E-state index in [1.54, 1.807) is 20.6 Å². The Morgan fingerprint density at radius 3 is 2.79 bits per heavy atom. The van der Waals surface area contributed by atoms with Gasteiger partial charge in [0, 0.05) is 37.9 Å². The van der Waals surface area contributed by atoms with E-state index in [1.165, 1.54) is 0 Å². The highest BCUT2D eigenvalue weighted by Crippen LogP contribution is 2.41. The summed E-state index contributed by atoms with van der Waals surface area (Å²) in [5, 5.41) is 6.43. The monoisotopic (exact) mass is 425 g/mol. The van der Waals surface area contributed by atoms with Gasteiger partial charge >= 0.3 is 0 Å². The highest BCUT2D eigenvalue weighted by Gasteiger charge is 2.47. The molecule has 0 aromatic heterocycles. The summed E-state index contributed by atoms with van der Waals surface area (Å²) >= 11 is 0. The lowest BCUT2D eigenvalue weighted by Gasteiger charge is -2.47. The van der Waals surface area contributed by atoms with Gasteiger partial charge in [-0.3, -0.25) is 15.4 Å². The van der Waals surface area contributed by atoms with Crippen molar-refractivity contribution >= 4 is 30.2 Å². The molecule has 29 heavy (non-hydrogen) atoms. The Morgan fingerprint density at radius 1 is 1.34 bits per heavy atom. The molecule has 0 aliphatic carbocycles. The SMILES string of the molecule is COc1cc2c(cc1OC)C(N)(N1CCNCC1C(=O)C1CCCO1)N=CN2.Cl. The van der Waals surface area contributed by atoms with Gasteiger partial charge in [0.1, 0.15) is 6.10 Å². The quantitative estimate of drug-likeness (QED) is 0.631. The van der Waals surface area contributed by atoms with E-state index in [-0.39, 0.29) is 24.3 Å². The number of aliphatic imine (C=N–C) groups is 1. The van der Waals surface area contributed by atoms with Gasteiger partial charge in [-0.2, -0.15) is 0 Å². The Kier molecular flexibility index (Phi) is 6.65. The van der Waals surface area contributed by atoms with Gasteiger partial charge in [0.2, 0.25) is 0 Å². The average molecular weight is 426 g/mol. The smallest absolute Gasteiger partial charge is 0.195 e. The van der Waals surface area contributed by atoms with Gasteiger partial charge < -0.3 is 24.8 Å². The molecule has 1 aromatic carbocycles. The number of ketones is 1. The molecule has 9 nitrogen and oxygen atoms in total. The normalized spacial score (nSPS) is 28.8. The van der Waals surface area contributed by atoms with Crippen LogP contribution in [0.3, 0.4) is 0 Å². The number of methoxy groups -OCH3 is 2. The zero-order chi connectivity index (χ0) is 19.7. The number of benzene rings is 1. The Morgan fingerprint density at radius 2 is 2.10 bits per heavy atom. The first-order chi connectivity index (χ1) is 13.6. The van der Waals surface area contributed by atoms with E-state index in [1.807, 2.05) is 17.0 Å². The van der Waals surface area contributed by atoms with Crippen LogP contribution in [0.4, 0.5) is 5.69 Å². The molecule has 0 spiro atoms. The number of fused-ring (bicyclic) bond motifs is 1. The average Bonchev–Trinajstić information content (AvgIpc) is 3.27. The third-order valence-corrected chi connectivity index (χ3v) is 5.66. The third-order valence-electron chi connectivity index (χ3n) is 5.66. The van der Waals surface area contributed by atoms with E-state index in [4.69, 9.17) is 19.9 Å². The van der Waals surface area contributed by atoms with Crippen LogP contribution in [0.25, 0.3) is 0 Å². The molecule has 1 aromatic rings. The third kappa shape index (κ3) is 3.80. The van der Waals surface area contributed by atoms with Crippen LogP contribution < -0.4 is 25.8 Å². The van der Waals surface area contributed by atoms with Gasteiger partial charge in [-0.05, 0) is 18.9 Å². The minimum Gasteiger partial charge on any atom is -0.493 e. The minimum atomic E-state index is -1.19. The van der Waals surface area contributed by atoms with Gasteiger partial charge in [0.05, 0.1) is 32.3 Å². The van der Waals surface area contributed by atoms with Crippen molar-refractivity contribution in [1.29, 1.82) is 0 Å². The number of nitrogens with zero attached hydrogens (tertiary/aromatic N) is 2. The second-order valence-electron chi connectivity index (χ2n) is 7.20. The number of nitrogens with one attached hydrogen (secondary N) is 2. The van der Waals surface area contributed by atoms with Crippen LogP contribution in [-0.4, -0.2) is 69.6 Å². The summed E-state index contributed by atoms with van der Waals surface area (Å²) in [6.07, 6.45) is 2.87. The molecular weight excluding hydrogens is 398 g/mol. The molecule has 3 aliphatic rings. The number of hydrogen-bond acceptors (Lipinski definition) is 9. The number of piperazine rings is 1. The number of nitrogens with two attached hydrogens (primary N) is 1. The molecule has 0 radical (unpaired) electrons. The summed E-state index contributed by atoms with van der Waals surface area (Å²) in [7, 11) is 3.17. The summed E-state index contributed by atoms with van der Waals surface area (Å²) in [4.78, 5) is 19.7. The molecule has 3 unspecified atom stereocenters. The van der Waals surface area contributed by atoms with Crippen LogP contribution in [-0.2, 0) is 15.3 Å². The lowest BCUT2D eigenvalue weighted by molar-refractivity contribution is -0.137. The van der Waals surface area contributed by atoms with Crippen molar-refractivity contribution in [2.75, 3.05) is 45.8 Å². The maximum Gasteiger partial charge on any atom is 0.195 e. The maximum atomic E-state index is 13.2. The van der Waals surface area contributed by atoms with Gasteiger partial charge in [0.25, 0.3) is 0 Å². The van der Waals surface area contributed by atoms with Gasteiger partial charge in [-0.25, -0.2) is 4.99 Å². The summed E-state index contributed by atoms with van der Waals surface area (Å²) in [6, 6.07) is 3.24. The maximum absolute atomic E-state index is 13.2. The highest BCUT2D eigenvalue weighted by molar-refractivity contribution is 5.89. The van der Waals surface area contributed by atoms with Crippen molar-refractivity contribution in [1.82, 2.24) is 10.2 Å². The fraction of sp³-hybridized carbons (Fsp3) is 0.579. The van der Waals surface area contributed by atoms with Crippen LogP contribution in [0.5, 0.6) is 11.5 Å². The molecule has 4 N–H and O–H groups in total. The van der Waals surface area contributed by atoms with Crippen molar-refractivity contribution in [3.63, 3.8) is 0 Å². The largest absolute Gasteiger partial charge is 0.493 e. The Hall–Kier alpha value is -1.91. The predicted octanol–water partition coefficient (Wildman–Crippen LogP) is 0.670. The number of anilines is 1. The molecular formula is C19H28ClN5O4. The van der Waals surface area contributed by atoms with Crippen LogP contribution in [0.1, 0.15) is 18.4 Å². The molecule has 3 aliphatic heterocycles. The number of rotatable bonds is 5.